The molecule has 0 spiro atoms. The number of aryl methyl sites for hydroxylation is 1. The third-order valence-electron chi connectivity index (χ3n) is 6.01. The Balaban J connectivity index is 1.92. The van der Waals surface area contributed by atoms with E-state index in [4.69, 9.17) is 0 Å². The lowest BCUT2D eigenvalue weighted by molar-refractivity contribution is 0.457. The van der Waals surface area contributed by atoms with Gasteiger partial charge in [-0.3, -0.25) is 0 Å². The minimum Gasteiger partial charge on any atom is -0.0839 e. The average molecular weight is 334 g/mol. The Labute approximate surface area is 155 Å². The molecule has 0 saturated carbocycles. The number of hydrogen-bond acceptors (Lipinski definition) is 0. The fourth-order valence-electron chi connectivity index (χ4n) is 4.95. The molecule has 0 fully saturated rings. The number of hydrogen-bond donors (Lipinski definition) is 0. The minimum atomic E-state index is -0.125. The van der Waals surface area contributed by atoms with Gasteiger partial charge in [0, 0.05) is 0 Å². The maximum atomic E-state index is 2.41. The summed E-state index contributed by atoms with van der Waals surface area (Å²) in [6, 6.07) is 27.0. The normalized spacial score (nSPS) is 22.9. The summed E-state index contributed by atoms with van der Waals surface area (Å²) in [4.78, 5) is 0. The number of benzene rings is 3. The van der Waals surface area contributed by atoms with Crippen molar-refractivity contribution < 1.29 is 0 Å². The van der Waals surface area contributed by atoms with E-state index in [1.165, 1.54) is 33.4 Å². The molecule has 0 saturated heterocycles. The molecule has 0 bridgehead atoms. The predicted octanol–water partition coefficient (Wildman–Crippen LogP) is 6.44. The Morgan fingerprint density at radius 3 is 2.35 bits per heavy atom. The van der Waals surface area contributed by atoms with Gasteiger partial charge in [-0.05, 0) is 47.1 Å². The third-order valence-corrected chi connectivity index (χ3v) is 6.01. The fourth-order valence-corrected chi connectivity index (χ4v) is 4.95. The maximum absolute atomic E-state index is 2.41. The Morgan fingerprint density at radius 2 is 1.54 bits per heavy atom. The highest BCUT2D eigenvalue weighted by Gasteiger charge is 2.48. The standard InChI is InChI=1S/C26H22/c1-19-16-17-23-22-14-8-9-15-24(22)26(25(23)18-19,20-10-4-2-5-11-20)21-12-6-3-7-13-21/h2-12,14-18,21H,13H2,1H3. The fraction of sp³-hybridized carbons (Fsp3) is 0.154. The molecule has 26 heavy (non-hydrogen) atoms. The van der Waals surface area contributed by atoms with Crippen LogP contribution in [0.3, 0.4) is 0 Å². The first-order chi connectivity index (χ1) is 12.8. The summed E-state index contributed by atoms with van der Waals surface area (Å²) < 4.78 is 0. The molecular formula is C26H22. The molecular weight excluding hydrogens is 312 g/mol. The Bertz CT molecular complexity index is 1020. The van der Waals surface area contributed by atoms with Crippen LogP contribution < -0.4 is 0 Å². The van der Waals surface area contributed by atoms with Crippen LogP contribution in [0.1, 0.15) is 28.7 Å². The van der Waals surface area contributed by atoms with E-state index in [2.05, 4.69) is 104 Å². The average Bonchev–Trinajstić information content (AvgIpc) is 3.00. The third kappa shape index (κ3) is 2.02. The molecule has 0 nitrogen and oxygen atoms in total. The molecule has 2 atom stereocenters. The van der Waals surface area contributed by atoms with Crippen LogP contribution in [0, 0.1) is 12.8 Å². The largest absolute Gasteiger partial charge is 0.0839 e. The highest BCUT2D eigenvalue weighted by atomic mass is 14.5. The van der Waals surface area contributed by atoms with Crippen molar-refractivity contribution in [2.45, 2.75) is 18.8 Å². The summed E-state index contributed by atoms with van der Waals surface area (Å²) in [7, 11) is 0. The SMILES string of the molecule is Cc1ccc2c(c1)C(c1ccccc1)(C1C=CC=CC1)c1ccccc1-2. The van der Waals surface area contributed by atoms with E-state index < -0.39 is 0 Å². The van der Waals surface area contributed by atoms with Crippen molar-refractivity contribution >= 4 is 0 Å². The molecule has 0 N–H and O–H groups in total. The monoisotopic (exact) mass is 334 g/mol. The van der Waals surface area contributed by atoms with Crippen LogP contribution >= 0.6 is 0 Å². The number of rotatable bonds is 2. The van der Waals surface area contributed by atoms with Gasteiger partial charge in [0.05, 0.1) is 5.41 Å². The molecule has 2 aliphatic rings. The lowest BCUT2D eigenvalue weighted by atomic mass is 9.62. The lowest BCUT2D eigenvalue weighted by Crippen LogP contribution is -2.35. The van der Waals surface area contributed by atoms with Gasteiger partial charge >= 0.3 is 0 Å². The zero-order chi connectivity index (χ0) is 17.6. The predicted molar refractivity (Wildman–Crippen MR) is 109 cm³/mol. The van der Waals surface area contributed by atoms with Gasteiger partial charge in [-0.2, -0.15) is 0 Å². The molecule has 2 aliphatic carbocycles. The van der Waals surface area contributed by atoms with E-state index in [0.29, 0.717) is 5.92 Å². The molecule has 3 aromatic carbocycles. The summed E-state index contributed by atoms with van der Waals surface area (Å²) in [6.45, 7) is 2.20. The Morgan fingerprint density at radius 1 is 0.769 bits per heavy atom. The van der Waals surface area contributed by atoms with Gasteiger partial charge in [0.2, 0.25) is 0 Å². The van der Waals surface area contributed by atoms with Gasteiger partial charge in [-0.15, -0.1) is 0 Å². The summed E-state index contributed by atoms with van der Waals surface area (Å²) in [5.74, 6) is 0.416. The summed E-state index contributed by atoms with van der Waals surface area (Å²) in [5, 5.41) is 0. The highest BCUT2D eigenvalue weighted by molar-refractivity contribution is 5.84. The molecule has 0 radical (unpaired) electrons. The van der Waals surface area contributed by atoms with Gasteiger partial charge in [-0.25, -0.2) is 0 Å². The van der Waals surface area contributed by atoms with E-state index in [0.717, 1.165) is 6.42 Å². The second-order valence-electron chi connectivity index (χ2n) is 7.42. The van der Waals surface area contributed by atoms with Crippen LogP contribution in [-0.2, 0) is 5.41 Å². The molecule has 3 aromatic rings. The first kappa shape index (κ1) is 15.4. The van der Waals surface area contributed by atoms with Crippen LogP contribution in [-0.4, -0.2) is 0 Å². The molecule has 0 heteroatoms. The second kappa shape index (κ2) is 5.85. The molecule has 0 amide bonds. The van der Waals surface area contributed by atoms with Crippen molar-refractivity contribution in [3.63, 3.8) is 0 Å². The molecule has 126 valence electrons. The summed E-state index contributed by atoms with van der Waals surface area (Å²) >= 11 is 0. The van der Waals surface area contributed by atoms with Crippen LogP contribution in [0.4, 0.5) is 0 Å². The van der Waals surface area contributed by atoms with Crippen LogP contribution in [0.2, 0.25) is 0 Å². The van der Waals surface area contributed by atoms with Gasteiger partial charge in [-0.1, -0.05) is 103 Å². The Hall–Kier alpha value is -2.86. The van der Waals surface area contributed by atoms with Crippen LogP contribution in [0.25, 0.3) is 11.1 Å². The van der Waals surface area contributed by atoms with E-state index >= 15 is 0 Å². The molecule has 0 heterocycles. The quantitative estimate of drug-likeness (QED) is 0.506. The molecule has 5 rings (SSSR count). The van der Waals surface area contributed by atoms with Crippen molar-refractivity contribution in [2.75, 3.05) is 0 Å². The van der Waals surface area contributed by atoms with Crippen molar-refractivity contribution in [1.29, 1.82) is 0 Å². The van der Waals surface area contributed by atoms with E-state index in [1.807, 2.05) is 0 Å². The van der Waals surface area contributed by atoms with Crippen molar-refractivity contribution in [3.8, 4) is 11.1 Å². The van der Waals surface area contributed by atoms with Crippen molar-refractivity contribution in [3.05, 3.63) is 119 Å². The van der Waals surface area contributed by atoms with Gasteiger partial charge in [0.15, 0.2) is 0 Å². The van der Waals surface area contributed by atoms with Gasteiger partial charge < -0.3 is 0 Å². The topological polar surface area (TPSA) is 0 Å². The smallest absolute Gasteiger partial charge is 0.0529 e. The lowest BCUT2D eigenvalue weighted by Gasteiger charge is -2.39. The van der Waals surface area contributed by atoms with Crippen molar-refractivity contribution in [2.24, 2.45) is 5.92 Å². The number of fused-ring (bicyclic) bond motifs is 3. The first-order valence-electron chi connectivity index (χ1n) is 9.41. The van der Waals surface area contributed by atoms with Crippen LogP contribution in [0.15, 0.2) is 97.1 Å². The van der Waals surface area contributed by atoms with E-state index in [1.54, 1.807) is 0 Å². The zero-order valence-corrected chi connectivity index (χ0v) is 15.0. The molecule has 0 aliphatic heterocycles. The summed E-state index contributed by atoms with van der Waals surface area (Å²) in [6.07, 6.45) is 10.2. The van der Waals surface area contributed by atoms with E-state index in [-0.39, 0.29) is 5.41 Å². The molecule has 0 aromatic heterocycles. The second-order valence-corrected chi connectivity index (χ2v) is 7.42. The number of allylic oxidation sites excluding steroid dienone is 4. The first-order valence-corrected chi connectivity index (χ1v) is 9.41. The van der Waals surface area contributed by atoms with Crippen molar-refractivity contribution in [1.82, 2.24) is 0 Å². The van der Waals surface area contributed by atoms with Gasteiger partial charge in [0.25, 0.3) is 0 Å². The maximum Gasteiger partial charge on any atom is 0.0529 e. The molecule has 2 unspecified atom stereocenters. The highest BCUT2D eigenvalue weighted by Crippen LogP contribution is 2.57. The Kier molecular flexibility index (Phi) is 3.46. The van der Waals surface area contributed by atoms with Crippen LogP contribution in [0.5, 0.6) is 0 Å². The van der Waals surface area contributed by atoms with E-state index in [9.17, 15) is 0 Å². The summed E-state index contributed by atoms with van der Waals surface area (Å²) in [5.41, 5.74) is 8.26. The minimum absolute atomic E-state index is 0.125. The van der Waals surface area contributed by atoms with Gasteiger partial charge in [0.1, 0.15) is 0 Å². The zero-order valence-electron chi connectivity index (χ0n) is 15.0.